The molecule has 3 atom stereocenters. The lowest BCUT2D eigenvalue weighted by Gasteiger charge is -2.57. The van der Waals surface area contributed by atoms with Crippen molar-refractivity contribution >= 4 is 17.7 Å². The summed E-state index contributed by atoms with van der Waals surface area (Å²) in [7, 11) is 0. The second-order valence-electron chi connectivity index (χ2n) is 8.06. The van der Waals surface area contributed by atoms with Crippen LogP contribution in [-0.4, -0.2) is 44.5 Å². The van der Waals surface area contributed by atoms with Crippen molar-refractivity contribution in [3.8, 4) is 0 Å². The zero-order valence-electron chi connectivity index (χ0n) is 16.9. The molecule has 0 aliphatic carbocycles. The number of piperidine rings is 1. The molecule has 0 bridgehead atoms. The van der Waals surface area contributed by atoms with Crippen molar-refractivity contribution in [1.82, 2.24) is 10.4 Å². The maximum atomic E-state index is 12.6. The van der Waals surface area contributed by atoms with Gasteiger partial charge in [-0.2, -0.15) is 5.06 Å². The average Bonchev–Trinajstić information content (AvgIpc) is 2.56. The molecule has 1 fully saturated rings. The molecule has 1 heterocycles. The van der Waals surface area contributed by atoms with E-state index in [1.807, 2.05) is 34.6 Å². The van der Waals surface area contributed by atoms with E-state index in [1.54, 1.807) is 18.9 Å². The van der Waals surface area contributed by atoms with Crippen molar-refractivity contribution in [2.45, 2.75) is 84.4 Å². The molecular weight excluding hydrogens is 336 g/mol. The summed E-state index contributed by atoms with van der Waals surface area (Å²) in [4.78, 5) is 42.2. The molecule has 0 aromatic rings. The molecule has 1 saturated heterocycles. The first-order valence-corrected chi connectivity index (χ1v) is 9.01. The molecule has 2 N–H and O–H groups in total. The number of hydrogen-bond acceptors (Lipinski definition) is 5. The standard InChI is InChI=1S/C19H32N2O5/c1-9-18(7)11-14(22)12(3)19(8,10-2)21(18)26-17(5,6)16(25)20-13(4)15(23)24/h12H,4,9-11H2,1-3,5-8H3,(H,20,25)(H,23,24). The number of hydroxylamine groups is 2. The Morgan fingerprint density at radius 3 is 2.31 bits per heavy atom. The van der Waals surface area contributed by atoms with E-state index in [1.165, 1.54) is 0 Å². The van der Waals surface area contributed by atoms with Crippen molar-refractivity contribution in [1.29, 1.82) is 0 Å². The number of carbonyl (C=O) groups is 3. The Kier molecular flexibility index (Phi) is 6.42. The number of ketones is 1. The minimum absolute atomic E-state index is 0.181. The first-order valence-electron chi connectivity index (χ1n) is 9.01. The Hall–Kier alpha value is -1.73. The largest absolute Gasteiger partial charge is 0.477 e. The molecule has 1 rings (SSSR count). The summed E-state index contributed by atoms with van der Waals surface area (Å²) in [5.74, 6) is -1.98. The van der Waals surface area contributed by atoms with Gasteiger partial charge in [0.25, 0.3) is 5.91 Å². The number of nitrogens with zero attached hydrogens (tertiary/aromatic N) is 1. The highest BCUT2D eigenvalue weighted by Gasteiger charge is 2.55. The van der Waals surface area contributed by atoms with Gasteiger partial charge in [0.15, 0.2) is 5.60 Å². The Labute approximate surface area is 155 Å². The predicted octanol–water partition coefficient (Wildman–Crippen LogP) is 2.66. The van der Waals surface area contributed by atoms with Crippen LogP contribution < -0.4 is 5.32 Å². The monoisotopic (exact) mass is 368 g/mol. The number of hydrogen-bond donors (Lipinski definition) is 2. The fourth-order valence-electron chi connectivity index (χ4n) is 3.28. The summed E-state index contributed by atoms with van der Waals surface area (Å²) in [6.07, 6.45) is 1.66. The molecule has 26 heavy (non-hydrogen) atoms. The van der Waals surface area contributed by atoms with E-state index in [0.29, 0.717) is 19.3 Å². The lowest BCUT2D eigenvalue weighted by molar-refractivity contribution is -0.330. The van der Waals surface area contributed by atoms with Gasteiger partial charge in [-0.1, -0.05) is 27.4 Å². The number of carboxylic acid groups (broad SMARTS) is 1. The summed E-state index contributed by atoms with van der Waals surface area (Å²) < 4.78 is 0. The van der Waals surface area contributed by atoms with Gasteiger partial charge in [0, 0.05) is 12.3 Å². The van der Waals surface area contributed by atoms with E-state index in [9.17, 15) is 14.4 Å². The fraction of sp³-hybridized carbons (Fsp3) is 0.737. The number of aliphatic carboxylic acids is 1. The van der Waals surface area contributed by atoms with Gasteiger partial charge in [0.2, 0.25) is 0 Å². The molecule has 7 heteroatoms. The predicted molar refractivity (Wildman–Crippen MR) is 98.1 cm³/mol. The lowest BCUT2D eigenvalue weighted by atomic mass is 9.70. The van der Waals surface area contributed by atoms with E-state index in [2.05, 4.69) is 11.9 Å². The molecule has 148 valence electrons. The highest BCUT2D eigenvalue weighted by atomic mass is 16.7. The van der Waals surface area contributed by atoms with E-state index in [-0.39, 0.29) is 11.7 Å². The summed E-state index contributed by atoms with van der Waals surface area (Å²) in [5.41, 5.74) is -2.90. The third-order valence-electron chi connectivity index (χ3n) is 5.79. The van der Waals surface area contributed by atoms with Gasteiger partial charge in [0.1, 0.15) is 11.5 Å². The fourth-order valence-corrected chi connectivity index (χ4v) is 3.28. The number of carbonyl (C=O) groups excluding carboxylic acids is 2. The number of rotatable bonds is 7. The minimum atomic E-state index is -1.34. The molecule has 0 aromatic carbocycles. The van der Waals surface area contributed by atoms with Crippen LogP contribution in [0.25, 0.3) is 0 Å². The number of nitrogens with one attached hydrogen (secondary N) is 1. The van der Waals surface area contributed by atoms with Crippen LogP contribution >= 0.6 is 0 Å². The van der Waals surface area contributed by atoms with Crippen LogP contribution in [-0.2, 0) is 19.2 Å². The summed E-state index contributed by atoms with van der Waals surface area (Å²) in [5, 5.41) is 13.0. The number of Topliss-reactive ketones (excluding diaryl/α,β-unsaturated/α-hetero) is 1. The number of carboxylic acids is 1. The van der Waals surface area contributed by atoms with Crippen LogP contribution in [0.15, 0.2) is 12.3 Å². The lowest BCUT2D eigenvalue weighted by Crippen LogP contribution is -2.68. The summed E-state index contributed by atoms with van der Waals surface area (Å²) in [6, 6.07) is 0. The third kappa shape index (κ3) is 3.99. The van der Waals surface area contributed by atoms with Crippen molar-refractivity contribution in [3.63, 3.8) is 0 Å². The first kappa shape index (κ1) is 22.3. The third-order valence-corrected chi connectivity index (χ3v) is 5.79. The molecule has 7 nitrogen and oxygen atoms in total. The molecule has 0 radical (unpaired) electrons. The molecule has 0 aromatic heterocycles. The van der Waals surface area contributed by atoms with Gasteiger partial charge in [-0.15, -0.1) is 0 Å². The van der Waals surface area contributed by atoms with Gasteiger partial charge in [-0.25, -0.2) is 4.79 Å². The van der Waals surface area contributed by atoms with Gasteiger partial charge < -0.3 is 10.4 Å². The van der Waals surface area contributed by atoms with Gasteiger partial charge in [-0.3, -0.25) is 14.4 Å². The number of amides is 1. The summed E-state index contributed by atoms with van der Waals surface area (Å²) >= 11 is 0. The highest BCUT2D eigenvalue weighted by molar-refractivity contribution is 5.94. The zero-order chi connectivity index (χ0) is 20.5. The van der Waals surface area contributed by atoms with Crippen LogP contribution in [0.3, 0.4) is 0 Å². The van der Waals surface area contributed by atoms with E-state index in [0.717, 1.165) is 0 Å². The molecular formula is C19H32N2O5. The molecule has 0 saturated carbocycles. The Morgan fingerprint density at radius 2 is 1.88 bits per heavy atom. The van der Waals surface area contributed by atoms with E-state index < -0.39 is 34.3 Å². The minimum Gasteiger partial charge on any atom is -0.477 e. The normalized spacial score (nSPS) is 30.1. The zero-order valence-corrected chi connectivity index (χ0v) is 16.9. The maximum Gasteiger partial charge on any atom is 0.351 e. The van der Waals surface area contributed by atoms with Gasteiger partial charge >= 0.3 is 5.97 Å². The molecule has 1 aliphatic heterocycles. The maximum absolute atomic E-state index is 12.6. The first-order chi connectivity index (χ1) is 11.7. The van der Waals surface area contributed by atoms with Crippen LogP contribution in [0.4, 0.5) is 0 Å². The second-order valence-corrected chi connectivity index (χ2v) is 8.06. The Bertz CT molecular complexity index is 615. The van der Waals surface area contributed by atoms with Gasteiger partial charge in [-0.05, 0) is 40.5 Å². The molecule has 3 unspecified atom stereocenters. The van der Waals surface area contributed by atoms with Crippen LogP contribution in [0, 0.1) is 5.92 Å². The van der Waals surface area contributed by atoms with Crippen LogP contribution in [0.1, 0.15) is 67.7 Å². The van der Waals surface area contributed by atoms with Crippen molar-refractivity contribution < 1.29 is 24.3 Å². The van der Waals surface area contributed by atoms with E-state index in [4.69, 9.17) is 9.94 Å². The Morgan fingerprint density at radius 1 is 1.35 bits per heavy atom. The van der Waals surface area contributed by atoms with E-state index >= 15 is 0 Å². The van der Waals surface area contributed by atoms with Crippen molar-refractivity contribution in [2.24, 2.45) is 5.92 Å². The highest BCUT2D eigenvalue weighted by Crippen LogP contribution is 2.45. The van der Waals surface area contributed by atoms with Crippen molar-refractivity contribution in [2.75, 3.05) is 0 Å². The molecule has 1 aliphatic rings. The average molecular weight is 368 g/mol. The second kappa shape index (κ2) is 7.48. The quantitative estimate of drug-likeness (QED) is 0.671. The smallest absolute Gasteiger partial charge is 0.351 e. The molecule has 0 spiro atoms. The van der Waals surface area contributed by atoms with Crippen LogP contribution in [0.5, 0.6) is 0 Å². The SMILES string of the molecule is C=C(NC(=O)C(C)(C)ON1C(C)(CC)CC(=O)C(C)C1(C)CC)C(=O)O. The topological polar surface area (TPSA) is 95.9 Å². The van der Waals surface area contributed by atoms with Crippen molar-refractivity contribution in [3.05, 3.63) is 12.3 Å². The van der Waals surface area contributed by atoms with Crippen LogP contribution in [0.2, 0.25) is 0 Å². The molecule has 1 amide bonds. The van der Waals surface area contributed by atoms with Gasteiger partial charge in [0.05, 0.1) is 11.1 Å². The Balaban J connectivity index is 3.22. The summed E-state index contributed by atoms with van der Waals surface area (Å²) in [6.45, 7) is 16.2.